The number of alkyl halides is 3. The van der Waals surface area contributed by atoms with Crippen LogP contribution in [-0.2, 0) is 6.18 Å². The van der Waals surface area contributed by atoms with Gasteiger partial charge >= 0.3 is 6.18 Å². The smallest absolute Gasteiger partial charge is 0.297 e. The summed E-state index contributed by atoms with van der Waals surface area (Å²) in [5.74, 6) is 0. The van der Waals surface area contributed by atoms with E-state index in [1.165, 1.54) is 18.3 Å². The molecule has 0 amide bonds. The Morgan fingerprint density at radius 3 is 2.28 bits per heavy atom. The molecule has 0 atom stereocenters. The maximum absolute atomic E-state index is 12.4. The molecule has 1 heterocycles. The largest absolute Gasteiger partial charge is 0.416 e. The molecule has 0 aliphatic carbocycles. The van der Waals surface area contributed by atoms with Crippen molar-refractivity contribution in [2.24, 2.45) is 0 Å². The Morgan fingerprint density at radius 1 is 1.17 bits per heavy atom. The zero-order chi connectivity index (χ0) is 13.3. The summed E-state index contributed by atoms with van der Waals surface area (Å²) in [4.78, 5) is 17.5. The highest BCUT2D eigenvalue weighted by Gasteiger charge is 2.30. The fourth-order valence-electron chi connectivity index (χ4n) is 1.42. The van der Waals surface area contributed by atoms with Gasteiger partial charge in [0.15, 0.2) is 0 Å². The third-order valence-corrected chi connectivity index (χ3v) is 2.48. The van der Waals surface area contributed by atoms with Crippen molar-refractivity contribution in [3.63, 3.8) is 0 Å². The first-order valence-corrected chi connectivity index (χ1v) is 5.18. The quantitative estimate of drug-likeness (QED) is 0.812. The predicted octanol–water partition coefficient (Wildman–Crippen LogP) is 3.11. The van der Waals surface area contributed by atoms with E-state index in [1.54, 1.807) is 0 Å². The predicted molar refractivity (Wildman–Crippen MR) is 60.3 cm³/mol. The number of H-pyrrole nitrogens is 1. The lowest BCUT2D eigenvalue weighted by Gasteiger charge is -2.07. The average Bonchev–Trinajstić information content (AvgIpc) is 2.28. The Kier molecular flexibility index (Phi) is 3.13. The van der Waals surface area contributed by atoms with E-state index in [4.69, 9.17) is 11.6 Å². The highest BCUT2D eigenvalue weighted by Crippen LogP contribution is 2.30. The Labute approximate surface area is 104 Å². The first-order chi connectivity index (χ1) is 8.38. The highest BCUT2D eigenvalue weighted by molar-refractivity contribution is 6.28. The molecular weight excluding hydrogens is 269 g/mol. The number of aromatic amines is 1. The number of nitrogens with zero attached hydrogens (tertiary/aromatic N) is 1. The second-order valence-corrected chi connectivity index (χ2v) is 3.85. The molecule has 0 aliphatic heterocycles. The topological polar surface area (TPSA) is 45.8 Å². The molecule has 7 heteroatoms. The number of halogens is 4. The molecule has 18 heavy (non-hydrogen) atoms. The normalized spacial score (nSPS) is 11.6. The summed E-state index contributed by atoms with van der Waals surface area (Å²) in [5, 5.41) is -0.0735. The molecule has 0 fully saturated rings. The monoisotopic (exact) mass is 274 g/mol. The lowest BCUT2D eigenvalue weighted by atomic mass is 10.1. The summed E-state index contributed by atoms with van der Waals surface area (Å²) in [6.45, 7) is 0. The van der Waals surface area contributed by atoms with Gasteiger partial charge in [-0.05, 0) is 29.3 Å². The lowest BCUT2D eigenvalue weighted by molar-refractivity contribution is -0.137. The molecule has 0 saturated heterocycles. The fourth-order valence-corrected chi connectivity index (χ4v) is 1.55. The molecule has 0 aliphatic rings. The second-order valence-electron chi connectivity index (χ2n) is 3.49. The van der Waals surface area contributed by atoms with Gasteiger partial charge in [0.2, 0.25) is 5.28 Å². The summed E-state index contributed by atoms with van der Waals surface area (Å²) >= 11 is 5.47. The molecule has 94 valence electrons. The van der Waals surface area contributed by atoms with Crippen LogP contribution in [0.4, 0.5) is 13.2 Å². The van der Waals surface area contributed by atoms with Gasteiger partial charge < -0.3 is 0 Å². The number of hydrogen-bond donors (Lipinski definition) is 1. The van der Waals surface area contributed by atoms with Crippen LogP contribution in [0.1, 0.15) is 5.56 Å². The molecule has 1 aromatic carbocycles. The van der Waals surface area contributed by atoms with Gasteiger partial charge in [-0.2, -0.15) is 13.2 Å². The van der Waals surface area contributed by atoms with E-state index < -0.39 is 17.3 Å². The number of rotatable bonds is 1. The van der Waals surface area contributed by atoms with Gasteiger partial charge in [-0.1, -0.05) is 12.1 Å². The van der Waals surface area contributed by atoms with Crippen LogP contribution in [0.25, 0.3) is 11.1 Å². The average molecular weight is 275 g/mol. The summed E-state index contributed by atoms with van der Waals surface area (Å²) in [5.41, 5.74) is -0.777. The van der Waals surface area contributed by atoms with Crippen LogP contribution < -0.4 is 5.56 Å². The Balaban J connectivity index is 2.44. The number of aromatic nitrogens is 2. The molecule has 0 saturated carbocycles. The SMILES string of the molecule is O=c1[nH]c(Cl)ncc1-c1ccc(C(F)(F)F)cc1. The van der Waals surface area contributed by atoms with Gasteiger partial charge in [0, 0.05) is 6.20 Å². The second kappa shape index (κ2) is 4.45. The van der Waals surface area contributed by atoms with Crippen LogP contribution in [0.2, 0.25) is 5.28 Å². The van der Waals surface area contributed by atoms with Gasteiger partial charge in [0.05, 0.1) is 11.1 Å². The summed E-state index contributed by atoms with van der Waals surface area (Å²) in [6.07, 6.45) is -3.19. The lowest BCUT2D eigenvalue weighted by Crippen LogP contribution is -2.10. The minimum Gasteiger partial charge on any atom is -0.297 e. The molecule has 2 rings (SSSR count). The third-order valence-electron chi connectivity index (χ3n) is 2.29. The van der Waals surface area contributed by atoms with E-state index in [2.05, 4.69) is 9.97 Å². The molecule has 0 bridgehead atoms. The van der Waals surface area contributed by atoms with E-state index in [0.29, 0.717) is 5.56 Å². The highest BCUT2D eigenvalue weighted by atomic mass is 35.5. The van der Waals surface area contributed by atoms with Crippen molar-refractivity contribution in [1.82, 2.24) is 9.97 Å². The maximum atomic E-state index is 12.4. The standard InChI is InChI=1S/C11H6ClF3N2O/c12-10-16-5-8(9(18)17-10)6-1-3-7(4-2-6)11(13,14)15/h1-5H,(H,16,17,18). The van der Waals surface area contributed by atoms with Gasteiger partial charge in [-0.3, -0.25) is 9.78 Å². The molecule has 1 N–H and O–H groups in total. The Morgan fingerprint density at radius 2 is 1.78 bits per heavy atom. The first-order valence-electron chi connectivity index (χ1n) is 4.80. The molecule has 0 radical (unpaired) electrons. The van der Waals surface area contributed by atoms with Crippen molar-refractivity contribution in [2.45, 2.75) is 6.18 Å². The van der Waals surface area contributed by atoms with Crippen LogP contribution in [-0.4, -0.2) is 9.97 Å². The van der Waals surface area contributed by atoms with Crippen molar-refractivity contribution in [2.75, 3.05) is 0 Å². The van der Waals surface area contributed by atoms with Crippen molar-refractivity contribution in [1.29, 1.82) is 0 Å². The van der Waals surface area contributed by atoms with Crippen LogP contribution in [0.5, 0.6) is 0 Å². The summed E-state index contributed by atoms with van der Waals surface area (Å²) in [7, 11) is 0. The van der Waals surface area contributed by atoms with Crippen molar-refractivity contribution in [3.8, 4) is 11.1 Å². The third kappa shape index (κ3) is 2.53. The van der Waals surface area contributed by atoms with Gasteiger partial charge in [0.1, 0.15) is 0 Å². The fraction of sp³-hybridized carbons (Fsp3) is 0.0909. The van der Waals surface area contributed by atoms with E-state index in [1.807, 2.05) is 0 Å². The number of hydrogen-bond acceptors (Lipinski definition) is 2. The maximum Gasteiger partial charge on any atom is 0.416 e. The number of benzene rings is 1. The van der Waals surface area contributed by atoms with Crippen molar-refractivity contribution in [3.05, 3.63) is 51.7 Å². The Hall–Kier alpha value is -1.82. The zero-order valence-electron chi connectivity index (χ0n) is 8.75. The molecule has 3 nitrogen and oxygen atoms in total. The van der Waals surface area contributed by atoms with E-state index in [9.17, 15) is 18.0 Å². The minimum atomic E-state index is -4.40. The van der Waals surface area contributed by atoms with Crippen LogP contribution in [0.3, 0.4) is 0 Å². The summed E-state index contributed by atoms with van der Waals surface area (Å²) < 4.78 is 37.1. The van der Waals surface area contributed by atoms with Crippen LogP contribution >= 0.6 is 11.6 Å². The van der Waals surface area contributed by atoms with Crippen LogP contribution in [0, 0.1) is 0 Å². The molecular formula is C11H6ClF3N2O. The number of nitrogens with one attached hydrogen (secondary N) is 1. The van der Waals surface area contributed by atoms with E-state index >= 15 is 0 Å². The minimum absolute atomic E-state index is 0.0735. The van der Waals surface area contributed by atoms with Crippen molar-refractivity contribution >= 4 is 11.6 Å². The first kappa shape index (κ1) is 12.6. The van der Waals surface area contributed by atoms with Crippen molar-refractivity contribution < 1.29 is 13.2 Å². The summed E-state index contributed by atoms with van der Waals surface area (Å²) in [6, 6.07) is 4.23. The van der Waals surface area contributed by atoms with Gasteiger partial charge in [-0.25, -0.2) is 4.98 Å². The van der Waals surface area contributed by atoms with Gasteiger partial charge in [-0.15, -0.1) is 0 Å². The van der Waals surface area contributed by atoms with Gasteiger partial charge in [0.25, 0.3) is 5.56 Å². The molecule has 1 aromatic heterocycles. The Bertz CT molecular complexity index is 619. The van der Waals surface area contributed by atoms with Crippen LogP contribution in [0.15, 0.2) is 35.3 Å². The molecule has 0 spiro atoms. The molecule has 0 unspecified atom stereocenters. The van der Waals surface area contributed by atoms with E-state index in [-0.39, 0.29) is 10.8 Å². The molecule has 2 aromatic rings. The van der Waals surface area contributed by atoms with E-state index in [0.717, 1.165) is 12.1 Å². The zero-order valence-corrected chi connectivity index (χ0v) is 9.51.